The van der Waals surface area contributed by atoms with E-state index in [2.05, 4.69) is 49.5 Å². The molecule has 1 aliphatic heterocycles. The van der Waals surface area contributed by atoms with Crippen molar-refractivity contribution >= 4 is 34.0 Å². The molecule has 26 heavy (non-hydrogen) atoms. The zero-order valence-electron chi connectivity index (χ0n) is 14.6. The smallest absolute Gasteiger partial charge is 0.0890 e. The van der Waals surface area contributed by atoms with Gasteiger partial charge in [-0.15, -0.1) is 0 Å². The highest BCUT2D eigenvalue weighted by atomic mass is 35.5. The van der Waals surface area contributed by atoms with Crippen LogP contribution in [0.3, 0.4) is 0 Å². The van der Waals surface area contributed by atoms with Crippen molar-refractivity contribution in [2.45, 2.75) is 19.5 Å². The topological polar surface area (TPSA) is 66.0 Å². The van der Waals surface area contributed by atoms with Gasteiger partial charge in [-0.1, -0.05) is 17.7 Å². The Bertz CT molecular complexity index is 915. The predicted molar refractivity (Wildman–Crippen MR) is 106 cm³/mol. The lowest BCUT2D eigenvalue weighted by Gasteiger charge is -2.35. The van der Waals surface area contributed by atoms with Crippen LogP contribution in [0.5, 0.6) is 0 Å². The first-order chi connectivity index (χ1) is 12.7. The fraction of sp³-hybridized carbons (Fsp3) is 0.316. The van der Waals surface area contributed by atoms with E-state index in [0.717, 1.165) is 47.6 Å². The van der Waals surface area contributed by atoms with Crippen LogP contribution in [0.4, 0.5) is 11.4 Å². The molecule has 1 aliphatic rings. The molecule has 2 aromatic heterocycles. The van der Waals surface area contributed by atoms with Gasteiger partial charge in [-0.05, 0) is 24.6 Å². The SMILES string of the molecule is C[C@@H]1CN(c2c(Cl)cncc2NCc2ccc3nccnc3c2)CCN1. The van der Waals surface area contributed by atoms with Crippen molar-refractivity contribution in [3.63, 3.8) is 0 Å². The van der Waals surface area contributed by atoms with Crippen LogP contribution in [-0.4, -0.2) is 40.6 Å². The van der Waals surface area contributed by atoms with Gasteiger partial charge in [-0.25, -0.2) is 0 Å². The minimum atomic E-state index is 0.430. The molecule has 0 aliphatic carbocycles. The number of hydrogen-bond donors (Lipinski definition) is 2. The number of halogens is 1. The molecule has 0 amide bonds. The standard InChI is InChI=1S/C19H21ClN6/c1-13-12-26(7-6-22-13)19-15(20)10-21-11-18(19)25-9-14-2-3-16-17(8-14)24-5-4-23-16/h2-5,8,10-11,13,22,25H,6-7,9,12H2,1H3/t13-/m1/s1. The van der Waals surface area contributed by atoms with Crippen molar-refractivity contribution in [2.75, 3.05) is 29.9 Å². The van der Waals surface area contributed by atoms with Crippen LogP contribution < -0.4 is 15.5 Å². The maximum atomic E-state index is 6.49. The van der Waals surface area contributed by atoms with Crippen LogP contribution in [0.15, 0.2) is 43.0 Å². The highest BCUT2D eigenvalue weighted by Gasteiger charge is 2.21. The number of benzene rings is 1. The van der Waals surface area contributed by atoms with E-state index in [9.17, 15) is 0 Å². The normalized spacial score (nSPS) is 17.5. The molecule has 0 saturated carbocycles. The number of rotatable bonds is 4. The monoisotopic (exact) mass is 368 g/mol. The van der Waals surface area contributed by atoms with E-state index < -0.39 is 0 Å². The van der Waals surface area contributed by atoms with E-state index in [0.29, 0.717) is 17.6 Å². The van der Waals surface area contributed by atoms with Gasteiger partial charge in [0.15, 0.2) is 0 Å². The first-order valence-corrected chi connectivity index (χ1v) is 9.14. The van der Waals surface area contributed by atoms with E-state index in [1.54, 1.807) is 18.6 Å². The fourth-order valence-electron chi connectivity index (χ4n) is 3.33. The second-order valence-electron chi connectivity index (χ2n) is 6.55. The van der Waals surface area contributed by atoms with E-state index in [4.69, 9.17) is 11.6 Å². The Kier molecular flexibility index (Phi) is 4.86. The van der Waals surface area contributed by atoms with Gasteiger partial charge in [0.05, 0.1) is 33.6 Å². The quantitative estimate of drug-likeness (QED) is 0.737. The Labute approximate surface area is 157 Å². The Morgan fingerprint density at radius 2 is 2.08 bits per heavy atom. The minimum absolute atomic E-state index is 0.430. The van der Waals surface area contributed by atoms with Crippen LogP contribution in [0.25, 0.3) is 11.0 Å². The molecule has 0 radical (unpaired) electrons. The molecule has 2 N–H and O–H groups in total. The number of nitrogens with one attached hydrogen (secondary N) is 2. The minimum Gasteiger partial charge on any atom is -0.378 e. The third-order valence-corrected chi connectivity index (χ3v) is 4.85. The van der Waals surface area contributed by atoms with E-state index in [1.165, 1.54) is 0 Å². The van der Waals surface area contributed by atoms with Crippen LogP contribution in [-0.2, 0) is 6.54 Å². The van der Waals surface area contributed by atoms with Crippen LogP contribution >= 0.6 is 11.6 Å². The summed E-state index contributed by atoms with van der Waals surface area (Å²) in [6.45, 7) is 5.65. The molecule has 7 heteroatoms. The Morgan fingerprint density at radius 3 is 2.92 bits per heavy atom. The number of pyridine rings is 1. The zero-order chi connectivity index (χ0) is 17.9. The molecule has 3 aromatic rings. The maximum absolute atomic E-state index is 6.49. The summed E-state index contributed by atoms with van der Waals surface area (Å²) in [7, 11) is 0. The van der Waals surface area contributed by atoms with Crippen molar-refractivity contribution in [2.24, 2.45) is 0 Å². The van der Waals surface area contributed by atoms with Gasteiger partial charge in [0.1, 0.15) is 0 Å². The summed E-state index contributed by atoms with van der Waals surface area (Å²) in [6, 6.07) is 6.54. The summed E-state index contributed by atoms with van der Waals surface area (Å²) in [4.78, 5) is 15.3. The highest BCUT2D eigenvalue weighted by molar-refractivity contribution is 6.33. The second kappa shape index (κ2) is 7.43. The van der Waals surface area contributed by atoms with Crippen LogP contribution in [0.1, 0.15) is 12.5 Å². The average Bonchev–Trinajstić information content (AvgIpc) is 2.66. The van der Waals surface area contributed by atoms with Gasteiger partial charge in [-0.3, -0.25) is 15.0 Å². The van der Waals surface area contributed by atoms with Crippen molar-refractivity contribution < 1.29 is 0 Å². The lowest BCUT2D eigenvalue weighted by molar-refractivity contribution is 0.485. The van der Waals surface area contributed by atoms with Crippen molar-refractivity contribution in [3.8, 4) is 0 Å². The molecular weight excluding hydrogens is 348 g/mol. The third-order valence-electron chi connectivity index (χ3n) is 4.57. The molecule has 0 unspecified atom stereocenters. The van der Waals surface area contributed by atoms with E-state index in [-0.39, 0.29) is 0 Å². The molecule has 4 rings (SSSR count). The number of piperazine rings is 1. The molecule has 1 atom stereocenters. The third kappa shape index (κ3) is 3.57. The molecule has 1 aromatic carbocycles. The summed E-state index contributed by atoms with van der Waals surface area (Å²) < 4.78 is 0. The van der Waals surface area contributed by atoms with Gasteiger partial charge < -0.3 is 15.5 Å². The molecule has 1 fully saturated rings. The Morgan fingerprint density at radius 1 is 1.23 bits per heavy atom. The van der Waals surface area contributed by atoms with Gasteiger partial charge in [0.2, 0.25) is 0 Å². The van der Waals surface area contributed by atoms with Crippen molar-refractivity contribution in [3.05, 3.63) is 53.6 Å². The Hall–Kier alpha value is -2.44. The van der Waals surface area contributed by atoms with Gasteiger partial charge in [0, 0.05) is 50.8 Å². The lowest BCUT2D eigenvalue weighted by Crippen LogP contribution is -2.49. The average molecular weight is 369 g/mol. The molecule has 3 heterocycles. The number of aromatic nitrogens is 3. The van der Waals surface area contributed by atoms with Crippen LogP contribution in [0, 0.1) is 0 Å². The summed E-state index contributed by atoms with van der Waals surface area (Å²) in [5.41, 5.74) is 4.90. The summed E-state index contributed by atoms with van der Waals surface area (Å²) in [6.07, 6.45) is 6.97. The zero-order valence-corrected chi connectivity index (χ0v) is 15.4. The highest BCUT2D eigenvalue weighted by Crippen LogP contribution is 2.34. The molecule has 0 bridgehead atoms. The van der Waals surface area contributed by atoms with E-state index in [1.807, 2.05) is 12.3 Å². The summed E-state index contributed by atoms with van der Waals surface area (Å²) >= 11 is 6.49. The van der Waals surface area contributed by atoms with Crippen molar-refractivity contribution in [1.29, 1.82) is 0 Å². The lowest BCUT2D eigenvalue weighted by atomic mass is 10.1. The first-order valence-electron chi connectivity index (χ1n) is 8.76. The van der Waals surface area contributed by atoms with Gasteiger partial charge in [0.25, 0.3) is 0 Å². The number of fused-ring (bicyclic) bond motifs is 1. The first kappa shape index (κ1) is 17.0. The van der Waals surface area contributed by atoms with Crippen molar-refractivity contribution in [1.82, 2.24) is 20.3 Å². The molecule has 134 valence electrons. The molecular formula is C19H21ClN6. The second-order valence-corrected chi connectivity index (χ2v) is 6.96. The fourth-order valence-corrected chi connectivity index (χ4v) is 3.61. The largest absolute Gasteiger partial charge is 0.378 e. The summed E-state index contributed by atoms with van der Waals surface area (Å²) in [5, 5.41) is 7.63. The predicted octanol–water partition coefficient (Wildman–Crippen LogP) is 3.09. The van der Waals surface area contributed by atoms with Gasteiger partial charge >= 0.3 is 0 Å². The number of nitrogens with zero attached hydrogens (tertiary/aromatic N) is 4. The number of anilines is 2. The summed E-state index contributed by atoms with van der Waals surface area (Å²) in [5.74, 6) is 0. The van der Waals surface area contributed by atoms with Crippen LogP contribution in [0.2, 0.25) is 5.02 Å². The van der Waals surface area contributed by atoms with Gasteiger partial charge in [-0.2, -0.15) is 0 Å². The number of hydrogen-bond acceptors (Lipinski definition) is 6. The maximum Gasteiger partial charge on any atom is 0.0890 e. The Balaban J connectivity index is 1.56. The van der Waals surface area contributed by atoms with E-state index >= 15 is 0 Å². The molecule has 0 spiro atoms. The molecule has 1 saturated heterocycles. The molecule has 6 nitrogen and oxygen atoms in total.